The van der Waals surface area contributed by atoms with Crippen molar-refractivity contribution in [3.63, 3.8) is 0 Å². The van der Waals surface area contributed by atoms with Crippen molar-refractivity contribution in [3.8, 4) is 5.75 Å². The Labute approximate surface area is 148 Å². The molecule has 1 amide bonds. The molecule has 5 heteroatoms. The van der Waals surface area contributed by atoms with Gasteiger partial charge in [0.05, 0.1) is 6.61 Å². The number of benzene rings is 2. The minimum absolute atomic E-state index is 0.261. The second-order valence-electron chi connectivity index (χ2n) is 6.01. The average Bonchev–Trinajstić information content (AvgIpc) is 2.55. The molecule has 2 rings (SSSR count). The highest BCUT2D eigenvalue weighted by Gasteiger charge is 2.09. The highest BCUT2D eigenvalue weighted by Crippen LogP contribution is 2.14. The van der Waals surface area contributed by atoms with Crippen LogP contribution in [0.2, 0.25) is 0 Å². The largest absolute Gasteiger partial charge is 0.493 e. The maximum Gasteiger partial charge on any atom is 0.257 e. The van der Waals surface area contributed by atoms with Gasteiger partial charge in [-0.25, -0.2) is 0 Å². The summed E-state index contributed by atoms with van der Waals surface area (Å²) in [5.41, 5.74) is 2.50. The van der Waals surface area contributed by atoms with Crippen molar-refractivity contribution in [2.75, 3.05) is 11.9 Å². The van der Waals surface area contributed by atoms with Crippen LogP contribution in [0.3, 0.4) is 0 Å². The van der Waals surface area contributed by atoms with E-state index in [9.17, 15) is 4.79 Å². The van der Waals surface area contributed by atoms with Crippen LogP contribution < -0.4 is 15.4 Å². The summed E-state index contributed by atoms with van der Waals surface area (Å²) in [6, 6.07) is 14.8. The molecule has 0 aromatic heterocycles. The van der Waals surface area contributed by atoms with E-state index in [2.05, 4.69) is 24.5 Å². The Kier molecular flexibility index (Phi) is 6.32. The Balaban J connectivity index is 1.94. The van der Waals surface area contributed by atoms with Crippen LogP contribution in [0.5, 0.6) is 5.75 Å². The Hall–Kier alpha value is -2.40. The number of amides is 1. The fourth-order valence-electron chi connectivity index (χ4n) is 1.96. The predicted molar refractivity (Wildman–Crippen MR) is 102 cm³/mol. The first-order chi connectivity index (χ1) is 11.4. The van der Waals surface area contributed by atoms with Gasteiger partial charge < -0.3 is 10.1 Å². The number of anilines is 1. The number of carbonyl (C=O) groups is 1. The molecule has 0 atom stereocenters. The zero-order chi connectivity index (χ0) is 17.5. The Bertz CT molecular complexity index is 712. The highest BCUT2D eigenvalue weighted by atomic mass is 32.1. The Morgan fingerprint density at radius 2 is 1.88 bits per heavy atom. The summed E-state index contributed by atoms with van der Waals surface area (Å²) in [6.45, 7) is 6.77. The molecule has 0 aliphatic carbocycles. The minimum atomic E-state index is -0.269. The lowest BCUT2D eigenvalue weighted by atomic mass is 10.2. The van der Waals surface area contributed by atoms with Crippen LogP contribution in [-0.4, -0.2) is 17.6 Å². The number of hydrogen-bond acceptors (Lipinski definition) is 3. The number of nitrogens with one attached hydrogen (secondary N) is 2. The SMILES string of the molecule is Cc1ccc(NC(=S)NC(=O)c2cccc(OCC(C)C)c2)cc1. The Morgan fingerprint density at radius 3 is 2.54 bits per heavy atom. The molecule has 0 aliphatic heterocycles. The molecule has 0 aliphatic rings. The number of hydrogen-bond donors (Lipinski definition) is 2. The fraction of sp³-hybridized carbons (Fsp3) is 0.263. The monoisotopic (exact) mass is 342 g/mol. The molecular weight excluding hydrogens is 320 g/mol. The molecule has 24 heavy (non-hydrogen) atoms. The lowest BCUT2D eigenvalue weighted by Gasteiger charge is -2.11. The van der Waals surface area contributed by atoms with Crippen LogP contribution in [-0.2, 0) is 0 Å². The summed E-state index contributed by atoms with van der Waals surface area (Å²) < 4.78 is 5.64. The first-order valence-electron chi connectivity index (χ1n) is 7.86. The van der Waals surface area contributed by atoms with Gasteiger partial charge >= 0.3 is 0 Å². The smallest absolute Gasteiger partial charge is 0.257 e. The van der Waals surface area contributed by atoms with Gasteiger partial charge in [-0.1, -0.05) is 37.6 Å². The van der Waals surface area contributed by atoms with E-state index in [1.165, 1.54) is 0 Å². The number of aryl methyl sites for hydroxylation is 1. The molecule has 0 fully saturated rings. The molecule has 126 valence electrons. The van der Waals surface area contributed by atoms with Gasteiger partial charge in [0.15, 0.2) is 5.11 Å². The van der Waals surface area contributed by atoms with E-state index in [0.717, 1.165) is 11.3 Å². The number of rotatable bonds is 5. The standard InChI is InChI=1S/C19H22N2O2S/c1-13(2)12-23-17-6-4-5-15(11-17)18(22)21-19(24)20-16-9-7-14(3)8-10-16/h4-11,13H,12H2,1-3H3,(H2,20,21,22,24). The third kappa shape index (κ3) is 5.66. The zero-order valence-corrected chi connectivity index (χ0v) is 14.9. The van der Waals surface area contributed by atoms with Gasteiger partial charge in [0, 0.05) is 11.3 Å². The number of thiocarbonyl (C=S) groups is 1. The second kappa shape index (κ2) is 8.45. The molecule has 0 bridgehead atoms. The number of ether oxygens (including phenoxy) is 1. The average molecular weight is 342 g/mol. The van der Waals surface area contributed by atoms with E-state index in [-0.39, 0.29) is 11.0 Å². The van der Waals surface area contributed by atoms with Crippen molar-refractivity contribution in [3.05, 3.63) is 59.7 Å². The predicted octanol–water partition coefficient (Wildman–Crippen LogP) is 4.16. The van der Waals surface area contributed by atoms with Crippen molar-refractivity contribution in [2.24, 2.45) is 5.92 Å². The molecule has 4 nitrogen and oxygen atoms in total. The normalized spacial score (nSPS) is 10.3. The third-order valence-corrected chi connectivity index (χ3v) is 3.42. The van der Waals surface area contributed by atoms with Crippen molar-refractivity contribution in [1.82, 2.24) is 5.32 Å². The van der Waals surface area contributed by atoms with Crippen LogP contribution in [0, 0.1) is 12.8 Å². The molecule has 0 saturated heterocycles. The van der Waals surface area contributed by atoms with Crippen LogP contribution in [0.15, 0.2) is 48.5 Å². The molecular formula is C19H22N2O2S. The maximum absolute atomic E-state index is 12.3. The van der Waals surface area contributed by atoms with Gasteiger partial charge in [0.1, 0.15) is 5.75 Å². The molecule has 2 aromatic carbocycles. The molecule has 0 heterocycles. The first-order valence-corrected chi connectivity index (χ1v) is 8.26. The van der Waals surface area contributed by atoms with E-state index in [0.29, 0.717) is 23.8 Å². The fourth-order valence-corrected chi connectivity index (χ4v) is 2.18. The quantitative estimate of drug-likeness (QED) is 0.801. The summed E-state index contributed by atoms with van der Waals surface area (Å²) in [7, 11) is 0. The van der Waals surface area contributed by atoms with E-state index < -0.39 is 0 Å². The summed E-state index contributed by atoms with van der Waals surface area (Å²) in [6.07, 6.45) is 0. The first kappa shape index (κ1) is 17.9. The molecule has 0 spiro atoms. The van der Waals surface area contributed by atoms with Gasteiger partial charge in [-0.15, -0.1) is 0 Å². The van der Waals surface area contributed by atoms with Gasteiger partial charge in [-0.3, -0.25) is 10.1 Å². The van der Waals surface area contributed by atoms with E-state index in [1.807, 2.05) is 37.3 Å². The van der Waals surface area contributed by atoms with Crippen molar-refractivity contribution < 1.29 is 9.53 Å². The lowest BCUT2D eigenvalue weighted by Crippen LogP contribution is -2.34. The van der Waals surface area contributed by atoms with Gasteiger partial charge in [-0.2, -0.15) is 0 Å². The van der Waals surface area contributed by atoms with Gasteiger partial charge in [0.2, 0.25) is 0 Å². The molecule has 0 saturated carbocycles. The van der Waals surface area contributed by atoms with Crippen LogP contribution in [0.25, 0.3) is 0 Å². The topological polar surface area (TPSA) is 50.4 Å². The minimum Gasteiger partial charge on any atom is -0.493 e. The number of carbonyl (C=O) groups excluding carboxylic acids is 1. The van der Waals surface area contributed by atoms with Crippen LogP contribution in [0.1, 0.15) is 29.8 Å². The summed E-state index contributed by atoms with van der Waals surface area (Å²) in [4.78, 5) is 12.3. The molecule has 2 N–H and O–H groups in total. The van der Waals surface area contributed by atoms with E-state index in [1.54, 1.807) is 18.2 Å². The molecule has 2 aromatic rings. The van der Waals surface area contributed by atoms with Crippen molar-refractivity contribution in [1.29, 1.82) is 0 Å². The summed E-state index contributed by atoms with van der Waals surface area (Å²) >= 11 is 5.19. The van der Waals surface area contributed by atoms with Crippen LogP contribution >= 0.6 is 12.2 Å². The van der Waals surface area contributed by atoms with Gasteiger partial charge in [0.25, 0.3) is 5.91 Å². The van der Waals surface area contributed by atoms with Crippen molar-refractivity contribution in [2.45, 2.75) is 20.8 Å². The summed E-state index contributed by atoms with van der Waals surface area (Å²) in [5, 5.41) is 5.93. The van der Waals surface area contributed by atoms with Crippen LogP contribution in [0.4, 0.5) is 5.69 Å². The van der Waals surface area contributed by atoms with E-state index >= 15 is 0 Å². The maximum atomic E-state index is 12.3. The molecule has 0 unspecified atom stereocenters. The highest BCUT2D eigenvalue weighted by molar-refractivity contribution is 7.80. The van der Waals surface area contributed by atoms with Gasteiger partial charge in [-0.05, 0) is 55.4 Å². The van der Waals surface area contributed by atoms with E-state index in [4.69, 9.17) is 17.0 Å². The zero-order valence-electron chi connectivity index (χ0n) is 14.1. The van der Waals surface area contributed by atoms with Crippen molar-refractivity contribution >= 4 is 28.9 Å². The molecule has 0 radical (unpaired) electrons. The lowest BCUT2D eigenvalue weighted by molar-refractivity contribution is 0.0977. The second-order valence-corrected chi connectivity index (χ2v) is 6.42. The Morgan fingerprint density at radius 1 is 1.17 bits per heavy atom. The third-order valence-electron chi connectivity index (χ3n) is 3.22. The summed E-state index contributed by atoms with van der Waals surface area (Å²) in [5.74, 6) is 0.831.